The Hall–Kier alpha value is -1.63. The average molecular weight is 285 g/mol. The molecule has 0 radical (unpaired) electrons. The average Bonchev–Trinajstić information content (AvgIpc) is 2.28. The van der Waals surface area contributed by atoms with Gasteiger partial charge < -0.3 is 4.74 Å². The molecule has 0 amide bonds. The summed E-state index contributed by atoms with van der Waals surface area (Å²) in [5.74, 6) is 0.299. The first-order valence-electron chi connectivity index (χ1n) is 4.88. The lowest BCUT2D eigenvalue weighted by atomic mass is 10.3. The van der Waals surface area contributed by atoms with Crippen molar-refractivity contribution in [1.82, 2.24) is 4.98 Å². The first-order valence-corrected chi connectivity index (χ1v) is 6.80. The van der Waals surface area contributed by atoms with Crippen LogP contribution in [0.15, 0.2) is 47.5 Å². The van der Waals surface area contributed by atoms with Crippen LogP contribution in [0.4, 0.5) is 0 Å². The van der Waals surface area contributed by atoms with Gasteiger partial charge in [0.15, 0.2) is 0 Å². The maximum Gasteiger partial charge on any atom is 0.243 e. The summed E-state index contributed by atoms with van der Waals surface area (Å²) >= 11 is 5.80. The van der Waals surface area contributed by atoms with Crippen molar-refractivity contribution in [2.24, 2.45) is 5.14 Å². The third-order valence-electron chi connectivity index (χ3n) is 2.05. The molecule has 1 aromatic heterocycles. The van der Waals surface area contributed by atoms with Gasteiger partial charge in [-0.05, 0) is 30.3 Å². The Balaban J connectivity index is 2.41. The lowest BCUT2D eigenvalue weighted by Crippen LogP contribution is -2.13. The minimum absolute atomic E-state index is 0.0812. The second-order valence-electron chi connectivity index (χ2n) is 3.41. The third kappa shape index (κ3) is 2.98. The first kappa shape index (κ1) is 12.8. The minimum Gasteiger partial charge on any atom is -0.438 e. The highest BCUT2D eigenvalue weighted by Crippen LogP contribution is 2.26. The molecule has 0 bridgehead atoms. The largest absolute Gasteiger partial charge is 0.438 e. The summed E-state index contributed by atoms with van der Waals surface area (Å²) in [6, 6.07) is 9.31. The van der Waals surface area contributed by atoms with Crippen LogP contribution in [0.3, 0.4) is 0 Å². The van der Waals surface area contributed by atoms with Crippen molar-refractivity contribution in [3.63, 3.8) is 0 Å². The fraction of sp³-hybridized carbons (Fsp3) is 0. The van der Waals surface area contributed by atoms with E-state index < -0.39 is 10.0 Å². The van der Waals surface area contributed by atoms with Gasteiger partial charge in [-0.1, -0.05) is 17.7 Å². The van der Waals surface area contributed by atoms with E-state index >= 15 is 0 Å². The summed E-state index contributed by atoms with van der Waals surface area (Å²) in [7, 11) is -3.88. The molecule has 1 heterocycles. The number of nitrogens with two attached hydrogens (primary N) is 1. The number of halogens is 1. The number of hydrogen-bond donors (Lipinski definition) is 1. The van der Waals surface area contributed by atoms with Crippen LogP contribution in [0, 0.1) is 0 Å². The zero-order valence-electron chi connectivity index (χ0n) is 9.08. The topological polar surface area (TPSA) is 82.3 Å². The minimum atomic E-state index is -3.88. The Kier molecular flexibility index (Phi) is 3.51. The van der Waals surface area contributed by atoms with E-state index in [4.69, 9.17) is 21.5 Å². The number of pyridine rings is 1. The van der Waals surface area contributed by atoms with E-state index in [2.05, 4.69) is 4.98 Å². The van der Waals surface area contributed by atoms with Crippen molar-refractivity contribution >= 4 is 21.6 Å². The van der Waals surface area contributed by atoms with Crippen molar-refractivity contribution in [1.29, 1.82) is 0 Å². The third-order valence-corrected chi connectivity index (χ3v) is 3.21. The van der Waals surface area contributed by atoms with Crippen molar-refractivity contribution in [3.05, 3.63) is 47.6 Å². The molecule has 2 rings (SSSR count). The van der Waals surface area contributed by atoms with E-state index in [1.807, 2.05) is 0 Å². The number of benzene rings is 1. The number of sulfonamides is 1. The summed E-state index contributed by atoms with van der Waals surface area (Å²) in [6.07, 6.45) is 1.41. The molecular weight excluding hydrogens is 276 g/mol. The predicted molar refractivity (Wildman–Crippen MR) is 67.1 cm³/mol. The SMILES string of the molecule is NS(=O)(=O)c1cccnc1Oc1cccc(Cl)c1. The van der Waals surface area contributed by atoms with Gasteiger partial charge in [0.2, 0.25) is 15.9 Å². The van der Waals surface area contributed by atoms with E-state index in [9.17, 15) is 8.42 Å². The van der Waals surface area contributed by atoms with E-state index in [0.717, 1.165) is 0 Å². The van der Waals surface area contributed by atoms with Crippen LogP contribution in [-0.4, -0.2) is 13.4 Å². The number of hydrogen-bond acceptors (Lipinski definition) is 4. The molecule has 7 heteroatoms. The second kappa shape index (κ2) is 4.93. The van der Waals surface area contributed by atoms with Gasteiger partial charge in [-0.15, -0.1) is 0 Å². The summed E-state index contributed by atoms with van der Waals surface area (Å²) in [4.78, 5) is 3.67. The Labute approximate surface area is 109 Å². The molecule has 0 aliphatic heterocycles. The van der Waals surface area contributed by atoms with Crippen molar-refractivity contribution in [2.45, 2.75) is 4.90 Å². The number of aromatic nitrogens is 1. The van der Waals surface area contributed by atoms with Gasteiger partial charge in [-0.3, -0.25) is 0 Å². The van der Waals surface area contributed by atoms with E-state index in [-0.39, 0.29) is 10.8 Å². The standard InChI is InChI=1S/C11H9ClN2O3S/c12-8-3-1-4-9(7-8)17-11-10(18(13,15)16)5-2-6-14-11/h1-7H,(H2,13,15,16). The number of ether oxygens (including phenoxy) is 1. The Morgan fingerprint density at radius 1 is 1.22 bits per heavy atom. The Morgan fingerprint density at radius 2 is 2.00 bits per heavy atom. The van der Waals surface area contributed by atoms with Crippen LogP contribution in [0.1, 0.15) is 0 Å². The normalized spacial score (nSPS) is 11.2. The van der Waals surface area contributed by atoms with Crippen molar-refractivity contribution in [3.8, 4) is 11.6 Å². The van der Waals surface area contributed by atoms with Gasteiger partial charge >= 0.3 is 0 Å². The zero-order chi connectivity index (χ0) is 13.2. The lowest BCUT2D eigenvalue weighted by Gasteiger charge is -2.08. The van der Waals surface area contributed by atoms with Crippen LogP contribution in [0.5, 0.6) is 11.6 Å². The van der Waals surface area contributed by atoms with Gasteiger partial charge in [-0.2, -0.15) is 0 Å². The molecule has 5 nitrogen and oxygen atoms in total. The first-order chi connectivity index (χ1) is 8.47. The van der Waals surface area contributed by atoms with Gasteiger partial charge in [0, 0.05) is 11.2 Å². The van der Waals surface area contributed by atoms with Gasteiger partial charge in [0.1, 0.15) is 10.6 Å². The van der Waals surface area contributed by atoms with Gasteiger partial charge in [0.05, 0.1) is 0 Å². The van der Waals surface area contributed by atoms with Crippen molar-refractivity contribution in [2.75, 3.05) is 0 Å². The molecule has 0 aliphatic carbocycles. The summed E-state index contributed by atoms with van der Waals surface area (Å²) in [5.41, 5.74) is 0. The smallest absolute Gasteiger partial charge is 0.243 e. The summed E-state index contributed by atoms with van der Waals surface area (Å²) < 4.78 is 28.0. The molecule has 0 saturated carbocycles. The molecule has 2 N–H and O–H groups in total. The highest BCUT2D eigenvalue weighted by atomic mass is 35.5. The molecule has 0 saturated heterocycles. The van der Waals surface area contributed by atoms with E-state index in [0.29, 0.717) is 10.8 Å². The molecule has 0 atom stereocenters. The predicted octanol–water partition coefficient (Wildman–Crippen LogP) is 2.17. The molecular formula is C11H9ClN2O3S. The van der Waals surface area contributed by atoms with E-state index in [1.165, 1.54) is 18.3 Å². The van der Waals surface area contributed by atoms with Crippen LogP contribution < -0.4 is 9.88 Å². The summed E-state index contributed by atoms with van der Waals surface area (Å²) in [5, 5.41) is 5.54. The zero-order valence-corrected chi connectivity index (χ0v) is 10.6. The fourth-order valence-electron chi connectivity index (χ4n) is 1.31. The second-order valence-corrected chi connectivity index (χ2v) is 5.38. The molecule has 0 spiro atoms. The lowest BCUT2D eigenvalue weighted by molar-refractivity contribution is 0.447. The quantitative estimate of drug-likeness (QED) is 0.936. The molecule has 1 aromatic carbocycles. The van der Waals surface area contributed by atoms with Crippen LogP contribution in [0.25, 0.3) is 0 Å². The number of primary sulfonamides is 1. The number of rotatable bonds is 3. The Morgan fingerprint density at radius 3 is 2.67 bits per heavy atom. The van der Waals surface area contributed by atoms with Crippen LogP contribution in [-0.2, 0) is 10.0 Å². The highest BCUT2D eigenvalue weighted by Gasteiger charge is 2.16. The van der Waals surface area contributed by atoms with Crippen LogP contribution in [0.2, 0.25) is 5.02 Å². The molecule has 0 unspecified atom stereocenters. The molecule has 0 aliphatic rings. The fourth-order valence-corrected chi connectivity index (χ4v) is 2.10. The maximum atomic E-state index is 11.3. The Bertz CT molecular complexity index is 673. The molecule has 0 fully saturated rings. The monoisotopic (exact) mass is 284 g/mol. The highest BCUT2D eigenvalue weighted by molar-refractivity contribution is 7.89. The van der Waals surface area contributed by atoms with E-state index in [1.54, 1.807) is 24.3 Å². The molecule has 2 aromatic rings. The summed E-state index contributed by atoms with van der Waals surface area (Å²) in [6.45, 7) is 0. The molecule has 18 heavy (non-hydrogen) atoms. The van der Waals surface area contributed by atoms with Gasteiger partial charge in [0.25, 0.3) is 0 Å². The van der Waals surface area contributed by atoms with Crippen molar-refractivity contribution < 1.29 is 13.2 Å². The van der Waals surface area contributed by atoms with Gasteiger partial charge in [-0.25, -0.2) is 18.5 Å². The van der Waals surface area contributed by atoms with Crippen LogP contribution >= 0.6 is 11.6 Å². The maximum absolute atomic E-state index is 11.3. The molecule has 94 valence electrons. The number of nitrogens with zero attached hydrogens (tertiary/aromatic N) is 1.